The molecule has 0 amide bonds. The lowest BCUT2D eigenvalue weighted by Crippen LogP contribution is -2.26. The van der Waals surface area contributed by atoms with Crippen molar-refractivity contribution in [1.29, 1.82) is 0 Å². The third-order valence-corrected chi connectivity index (χ3v) is 2.79. The quantitative estimate of drug-likeness (QED) is 0.659. The highest BCUT2D eigenvalue weighted by Gasteiger charge is 2.21. The average molecular weight is 261 g/mol. The highest BCUT2D eigenvalue weighted by atomic mass is 16.6. The van der Waals surface area contributed by atoms with E-state index in [2.05, 4.69) is 9.72 Å². The Labute approximate surface area is 110 Å². The van der Waals surface area contributed by atoms with Crippen LogP contribution in [0, 0.1) is 0 Å². The fraction of sp³-hybridized carbons (Fsp3) is 0.286. The number of para-hydroxylation sites is 1. The molecule has 2 rings (SSSR count). The summed E-state index contributed by atoms with van der Waals surface area (Å²) in [6.45, 7) is 1.39. The largest absolute Gasteiger partial charge is 0.453 e. The van der Waals surface area contributed by atoms with Crippen LogP contribution in [0.2, 0.25) is 0 Å². The molecular formula is C14H15NO4. The van der Waals surface area contributed by atoms with E-state index in [9.17, 15) is 9.59 Å². The zero-order valence-electron chi connectivity index (χ0n) is 10.8. The molecule has 1 aromatic heterocycles. The van der Waals surface area contributed by atoms with Crippen molar-refractivity contribution < 1.29 is 19.1 Å². The molecule has 0 saturated carbocycles. The summed E-state index contributed by atoms with van der Waals surface area (Å²) in [7, 11) is 1.40. The van der Waals surface area contributed by atoms with E-state index in [4.69, 9.17) is 4.74 Å². The van der Waals surface area contributed by atoms with Crippen LogP contribution in [0.5, 0.6) is 0 Å². The van der Waals surface area contributed by atoms with Crippen LogP contribution in [0.3, 0.4) is 0 Å². The van der Waals surface area contributed by atoms with Gasteiger partial charge in [0.2, 0.25) is 5.78 Å². The Balaban J connectivity index is 2.17. The number of ketones is 1. The van der Waals surface area contributed by atoms with Crippen LogP contribution >= 0.6 is 0 Å². The highest BCUT2D eigenvalue weighted by Crippen LogP contribution is 2.19. The van der Waals surface area contributed by atoms with E-state index in [-0.39, 0.29) is 12.4 Å². The van der Waals surface area contributed by atoms with Gasteiger partial charge in [-0.05, 0) is 13.0 Å². The van der Waals surface area contributed by atoms with E-state index in [1.165, 1.54) is 7.11 Å². The van der Waals surface area contributed by atoms with Crippen molar-refractivity contribution in [2.75, 3.05) is 13.7 Å². The zero-order valence-corrected chi connectivity index (χ0v) is 10.8. The second-order valence-electron chi connectivity index (χ2n) is 4.18. The van der Waals surface area contributed by atoms with Gasteiger partial charge < -0.3 is 14.5 Å². The van der Waals surface area contributed by atoms with E-state index in [1.807, 2.05) is 24.3 Å². The van der Waals surface area contributed by atoms with Gasteiger partial charge in [0.25, 0.3) is 0 Å². The van der Waals surface area contributed by atoms with Crippen LogP contribution in [0.4, 0.5) is 0 Å². The van der Waals surface area contributed by atoms with Crippen molar-refractivity contribution in [3.8, 4) is 0 Å². The fourth-order valence-electron chi connectivity index (χ4n) is 1.90. The minimum atomic E-state index is -0.832. The Kier molecular flexibility index (Phi) is 3.97. The van der Waals surface area contributed by atoms with E-state index < -0.39 is 12.1 Å². The molecule has 1 aromatic carbocycles. The molecule has 1 N–H and O–H groups in total. The predicted octanol–water partition coefficient (Wildman–Crippen LogP) is 1.93. The standard InChI is InChI=1S/C14H15NO4/c1-9(19-13(16)8-18-2)14(17)11-7-15-12-6-4-3-5-10(11)12/h3-7,9,15H,8H2,1-2H3/t9-/m0/s1. The number of fused-ring (bicyclic) bond motifs is 1. The molecule has 0 aliphatic carbocycles. The Bertz CT molecular complexity index is 602. The van der Waals surface area contributed by atoms with Crippen molar-refractivity contribution in [2.45, 2.75) is 13.0 Å². The molecule has 0 bridgehead atoms. The van der Waals surface area contributed by atoms with Crippen LogP contribution in [0.25, 0.3) is 10.9 Å². The summed E-state index contributed by atoms with van der Waals surface area (Å²) in [4.78, 5) is 26.5. The third-order valence-electron chi connectivity index (χ3n) is 2.79. The molecule has 19 heavy (non-hydrogen) atoms. The lowest BCUT2D eigenvalue weighted by molar-refractivity contribution is -0.150. The van der Waals surface area contributed by atoms with Crippen LogP contribution in [-0.4, -0.2) is 36.6 Å². The van der Waals surface area contributed by atoms with Gasteiger partial charge in [-0.3, -0.25) is 4.79 Å². The second-order valence-corrected chi connectivity index (χ2v) is 4.18. The molecule has 0 spiro atoms. The molecule has 0 saturated heterocycles. The van der Waals surface area contributed by atoms with Gasteiger partial charge in [-0.25, -0.2) is 4.79 Å². The number of carbonyl (C=O) groups is 2. The first-order valence-corrected chi connectivity index (χ1v) is 5.92. The van der Waals surface area contributed by atoms with E-state index in [0.29, 0.717) is 5.56 Å². The second kappa shape index (κ2) is 5.67. The summed E-state index contributed by atoms with van der Waals surface area (Å²) in [6, 6.07) is 7.47. The number of esters is 1. The summed E-state index contributed by atoms with van der Waals surface area (Å²) in [5, 5.41) is 0.821. The van der Waals surface area contributed by atoms with Crippen molar-refractivity contribution in [3.63, 3.8) is 0 Å². The maximum atomic E-state index is 12.2. The maximum Gasteiger partial charge on any atom is 0.332 e. The number of carbonyl (C=O) groups excluding carboxylic acids is 2. The van der Waals surface area contributed by atoms with Crippen molar-refractivity contribution in [1.82, 2.24) is 4.98 Å². The monoisotopic (exact) mass is 261 g/mol. The lowest BCUT2D eigenvalue weighted by Gasteiger charge is -2.11. The van der Waals surface area contributed by atoms with Gasteiger partial charge in [0.15, 0.2) is 6.10 Å². The summed E-state index contributed by atoms with van der Waals surface area (Å²) < 4.78 is 9.65. The van der Waals surface area contributed by atoms with Gasteiger partial charge in [-0.2, -0.15) is 0 Å². The van der Waals surface area contributed by atoms with Gasteiger partial charge in [-0.15, -0.1) is 0 Å². The SMILES string of the molecule is COCC(=O)O[C@@H](C)C(=O)c1c[nH]c2ccccc12. The Hall–Kier alpha value is -2.14. The molecule has 1 heterocycles. The summed E-state index contributed by atoms with van der Waals surface area (Å²) in [6.07, 6.45) is 0.801. The molecule has 0 fully saturated rings. The van der Waals surface area contributed by atoms with Crippen LogP contribution in [-0.2, 0) is 14.3 Å². The minimum absolute atomic E-state index is 0.161. The fourth-order valence-corrected chi connectivity index (χ4v) is 1.90. The Morgan fingerprint density at radius 3 is 2.79 bits per heavy atom. The van der Waals surface area contributed by atoms with Gasteiger partial charge in [0, 0.05) is 29.8 Å². The van der Waals surface area contributed by atoms with Crippen molar-refractivity contribution in [3.05, 3.63) is 36.0 Å². The Morgan fingerprint density at radius 1 is 1.32 bits per heavy atom. The van der Waals surface area contributed by atoms with Crippen molar-refractivity contribution >= 4 is 22.7 Å². The summed E-state index contributed by atoms with van der Waals surface area (Å²) in [5.74, 6) is -0.787. The van der Waals surface area contributed by atoms with Crippen LogP contribution in [0.15, 0.2) is 30.5 Å². The smallest absolute Gasteiger partial charge is 0.332 e. The molecule has 0 unspecified atom stereocenters. The molecule has 0 aliphatic heterocycles. The first-order valence-electron chi connectivity index (χ1n) is 5.92. The number of hydrogen-bond acceptors (Lipinski definition) is 4. The third kappa shape index (κ3) is 2.82. The van der Waals surface area contributed by atoms with E-state index >= 15 is 0 Å². The van der Waals surface area contributed by atoms with E-state index in [0.717, 1.165) is 10.9 Å². The number of aromatic amines is 1. The Morgan fingerprint density at radius 2 is 2.05 bits per heavy atom. The highest BCUT2D eigenvalue weighted by molar-refractivity contribution is 6.10. The lowest BCUT2D eigenvalue weighted by atomic mass is 10.1. The van der Waals surface area contributed by atoms with Crippen molar-refractivity contribution in [2.24, 2.45) is 0 Å². The first kappa shape index (κ1) is 13.3. The number of Topliss-reactive ketones (excluding diaryl/α,β-unsaturated/α-hetero) is 1. The first-order chi connectivity index (χ1) is 9.13. The van der Waals surface area contributed by atoms with Gasteiger partial charge in [0.1, 0.15) is 6.61 Å². The number of benzene rings is 1. The minimum Gasteiger partial charge on any atom is -0.453 e. The average Bonchev–Trinajstić information content (AvgIpc) is 2.81. The number of H-pyrrole nitrogens is 1. The molecule has 2 aromatic rings. The number of hydrogen-bond donors (Lipinski definition) is 1. The maximum absolute atomic E-state index is 12.2. The van der Waals surface area contributed by atoms with Gasteiger partial charge >= 0.3 is 5.97 Å². The number of rotatable bonds is 5. The zero-order chi connectivity index (χ0) is 13.8. The normalized spacial score (nSPS) is 12.3. The van der Waals surface area contributed by atoms with Gasteiger partial charge in [-0.1, -0.05) is 18.2 Å². The van der Waals surface area contributed by atoms with Crippen LogP contribution in [0.1, 0.15) is 17.3 Å². The molecule has 5 nitrogen and oxygen atoms in total. The van der Waals surface area contributed by atoms with E-state index in [1.54, 1.807) is 13.1 Å². The summed E-state index contributed by atoms with van der Waals surface area (Å²) >= 11 is 0. The molecule has 0 radical (unpaired) electrons. The molecular weight excluding hydrogens is 246 g/mol. The summed E-state index contributed by atoms with van der Waals surface area (Å²) in [5.41, 5.74) is 1.40. The number of nitrogens with one attached hydrogen (secondary N) is 1. The molecule has 100 valence electrons. The molecule has 0 aliphatic rings. The number of methoxy groups -OCH3 is 1. The predicted molar refractivity (Wildman–Crippen MR) is 70.1 cm³/mol. The molecule has 5 heteroatoms. The number of aromatic nitrogens is 1. The topological polar surface area (TPSA) is 68.4 Å². The number of ether oxygens (including phenoxy) is 2. The van der Waals surface area contributed by atoms with Crippen LogP contribution < -0.4 is 0 Å². The van der Waals surface area contributed by atoms with Gasteiger partial charge in [0.05, 0.1) is 0 Å². The molecule has 1 atom stereocenters.